The average Bonchev–Trinajstić information content (AvgIpc) is 3.44. The molecule has 4 rings (SSSR count). The lowest BCUT2D eigenvalue weighted by Crippen LogP contribution is -2.53. The van der Waals surface area contributed by atoms with E-state index in [9.17, 15) is 0 Å². The van der Waals surface area contributed by atoms with E-state index < -0.39 is 0 Å². The van der Waals surface area contributed by atoms with Crippen LogP contribution in [-0.4, -0.2) is 53.6 Å². The van der Waals surface area contributed by atoms with Gasteiger partial charge >= 0.3 is 0 Å². The highest BCUT2D eigenvalue weighted by Gasteiger charge is 2.30. The van der Waals surface area contributed by atoms with Crippen molar-refractivity contribution in [3.05, 3.63) is 35.3 Å². The normalized spacial score (nSPS) is 19.9. The highest BCUT2D eigenvalue weighted by Crippen LogP contribution is 2.33. The highest BCUT2D eigenvalue weighted by molar-refractivity contribution is 7.79. The fourth-order valence-corrected chi connectivity index (χ4v) is 4.54. The number of anilines is 1. The number of nitrogens with one attached hydrogen (secondary N) is 2. The minimum Gasteiger partial charge on any atom is -0.493 e. The zero-order valence-electron chi connectivity index (χ0n) is 18.5. The third kappa shape index (κ3) is 4.54. The van der Waals surface area contributed by atoms with Crippen molar-refractivity contribution in [1.29, 1.82) is 0 Å². The SMILES string of the molecule is CCN=C1NC(C=S)N(CC)c2nc(Cc3ccc(OC)c(OC4CCCC4)c3)[nH]c21. The van der Waals surface area contributed by atoms with Crippen molar-refractivity contribution < 1.29 is 9.47 Å². The number of methoxy groups -OCH3 is 1. The van der Waals surface area contributed by atoms with Gasteiger partial charge in [0.25, 0.3) is 0 Å². The number of nitrogens with zero attached hydrogens (tertiary/aromatic N) is 3. The molecule has 1 aromatic carbocycles. The number of amidine groups is 1. The van der Waals surface area contributed by atoms with Crippen LogP contribution in [0.4, 0.5) is 5.82 Å². The summed E-state index contributed by atoms with van der Waals surface area (Å²) < 4.78 is 11.8. The number of imidazole rings is 1. The predicted molar refractivity (Wildman–Crippen MR) is 128 cm³/mol. The molecular weight excluding hydrogens is 410 g/mol. The molecule has 7 nitrogen and oxygen atoms in total. The van der Waals surface area contributed by atoms with Crippen LogP contribution in [0.3, 0.4) is 0 Å². The first-order chi connectivity index (χ1) is 15.2. The third-order valence-electron chi connectivity index (χ3n) is 5.84. The summed E-state index contributed by atoms with van der Waals surface area (Å²) in [5.74, 6) is 4.18. The van der Waals surface area contributed by atoms with Gasteiger partial charge in [-0.2, -0.15) is 0 Å². The lowest BCUT2D eigenvalue weighted by Gasteiger charge is -2.34. The predicted octanol–water partition coefficient (Wildman–Crippen LogP) is 3.85. The number of hydrogen-bond donors (Lipinski definition) is 2. The van der Waals surface area contributed by atoms with Gasteiger partial charge in [-0.3, -0.25) is 4.99 Å². The molecule has 1 unspecified atom stereocenters. The average molecular weight is 442 g/mol. The summed E-state index contributed by atoms with van der Waals surface area (Å²) in [4.78, 5) is 15.2. The maximum Gasteiger partial charge on any atom is 0.161 e. The number of ether oxygens (including phenoxy) is 2. The summed E-state index contributed by atoms with van der Waals surface area (Å²) in [6, 6.07) is 6.13. The second kappa shape index (κ2) is 9.68. The lowest BCUT2D eigenvalue weighted by molar-refractivity contribution is 0.200. The number of thiocarbonyl (C=S) groups is 1. The van der Waals surface area contributed by atoms with Gasteiger partial charge in [-0.1, -0.05) is 18.3 Å². The number of fused-ring (bicyclic) bond motifs is 1. The van der Waals surface area contributed by atoms with Crippen molar-refractivity contribution in [3.63, 3.8) is 0 Å². The van der Waals surface area contributed by atoms with Crippen LogP contribution in [0.1, 0.15) is 56.6 Å². The Bertz CT molecular complexity index is 951. The number of aromatic amines is 1. The Morgan fingerprint density at radius 3 is 2.74 bits per heavy atom. The van der Waals surface area contributed by atoms with Gasteiger partial charge in [0.05, 0.1) is 13.2 Å². The molecule has 1 aliphatic heterocycles. The largest absolute Gasteiger partial charge is 0.493 e. The molecule has 31 heavy (non-hydrogen) atoms. The first-order valence-electron chi connectivity index (χ1n) is 11.1. The Balaban J connectivity index is 1.61. The number of aliphatic imine (C=N–C) groups is 1. The Morgan fingerprint density at radius 1 is 1.26 bits per heavy atom. The maximum absolute atomic E-state index is 6.26. The Kier molecular flexibility index (Phi) is 6.75. The Hall–Kier alpha value is -2.61. The molecule has 0 radical (unpaired) electrons. The fraction of sp³-hybridized carbons (Fsp3) is 0.522. The van der Waals surface area contributed by atoms with Crippen LogP contribution in [0.5, 0.6) is 11.5 Å². The molecule has 1 aromatic heterocycles. The van der Waals surface area contributed by atoms with E-state index in [4.69, 9.17) is 26.7 Å². The molecule has 8 heteroatoms. The summed E-state index contributed by atoms with van der Waals surface area (Å²) in [6.07, 6.45) is 5.53. The van der Waals surface area contributed by atoms with Crippen molar-refractivity contribution in [2.75, 3.05) is 25.1 Å². The third-order valence-corrected chi connectivity index (χ3v) is 6.10. The quantitative estimate of drug-likeness (QED) is 0.606. The van der Waals surface area contributed by atoms with Crippen LogP contribution in [-0.2, 0) is 6.42 Å². The van der Waals surface area contributed by atoms with E-state index in [0.29, 0.717) is 13.0 Å². The van der Waals surface area contributed by atoms with Crippen molar-refractivity contribution >= 4 is 29.2 Å². The molecule has 2 N–H and O–H groups in total. The van der Waals surface area contributed by atoms with Crippen LogP contribution < -0.4 is 19.7 Å². The van der Waals surface area contributed by atoms with Crippen LogP contribution in [0.25, 0.3) is 0 Å². The molecule has 2 heterocycles. The summed E-state index contributed by atoms with van der Waals surface area (Å²) >= 11 is 5.24. The number of aromatic nitrogens is 2. The first kappa shape index (κ1) is 21.6. The molecule has 1 saturated carbocycles. The standard InChI is InChI=1S/C23H31N5O2S/c1-4-24-22-21-23(28(5-2)20(14-31)27-22)26-19(25-21)13-15-10-11-17(29-3)18(12-15)30-16-8-6-7-9-16/h10-12,14,16,20H,4-9,13H2,1-3H3,(H,24,27)(H,25,26). The zero-order valence-corrected chi connectivity index (χ0v) is 19.3. The van der Waals surface area contributed by atoms with Crippen LogP contribution in [0, 0.1) is 0 Å². The van der Waals surface area contributed by atoms with Gasteiger partial charge in [-0.05, 0) is 57.2 Å². The molecule has 0 bridgehead atoms. The van der Waals surface area contributed by atoms with Gasteiger partial charge < -0.3 is 24.7 Å². The smallest absolute Gasteiger partial charge is 0.161 e. The molecule has 0 spiro atoms. The molecule has 1 fully saturated rings. The molecule has 0 amide bonds. The van der Waals surface area contributed by atoms with E-state index in [2.05, 4.69) is 39.2 Å². The van der Waals surface area contributed by atoms with Gasteiger partial charge in [0.15, 0.2) is 23.2 Å². The second-order valence-electron chi connectivity index (χ2n) is 7.90. The molecule has 2 aliphatic rings. The van der Waals surface area contributed by atoms with Gasteiger partial charge in [-0.15, -0.1) is 0 Å². The summed E-state index contributed by atoms with van der Waals surface area (Å²) in [7, 11) is 1.69. The number of benzene rings is 1. The maximum atomic E-state index is 6.26. The van der Waals surface area contributed by atoms with E-state index >= 15 is 0 Å². The molecule has 166 valence electrons. The first-order valence-corrected chi connectivity index (χ1v) is 11.6. The molecule has 1 atom stereocenters. The minimum atomic E-state index is -0.0960. The highest BCUT2D eigenvalue weighted by atomic mass is 32.1. The second-order valence-corrected chi connectivity index (χ2v) is 8.17. The monoisotopic (exact) mass is 441 g/mol. The number of rotatable bonds is 8. The number of H-pyrrole nitrogens is 1. The van der Waals surface area contributed by atoms with Crippen molar-refractivity contribution in [2.24, 2.45) is 4.99 Å². The lowest BCUT2D eigenvalue weighted by atomic mass is 10.1. The molecular formula is C23H31N5O2S. The Morgan fingerprint density at radius 2 is 2.06 bits per heavy atom. The van der Waals surface area contributed by atoms with Crippen LogP contribution in [0.15, 0.2) is 23.2 Å². The van der Waals surface area contributed by atoms with Crippen molar-refractivity contribution in [1.82, 2.24) is 15.3 Å². The minimum absolute atomic E-state index is 0.0960. The van der Waals surface area contributed by atoms with E-state index in [0.717, 1.165) is 59.6 Å². The van der Waals surface area contributed by atoms with E-state index in [-0.39, 0.29) is 12.3 Å². The van der Waals surface area contributed by atoms with Crippen molar-refractivity contribution in [2.45, 2.75) is 58.2 Å². The van der Waals surface area contributed by atoms with Crippen LogP contribution in [0.2, 0.25) is 0 Å². The van der Waals surface area contributed by atoms with Gasteiger partial charge in [0.1, 0.15) is 17.7 Å². The summed E-state index contributed by atoms with van der Waals surface area (Å²) in [5, 5.41) is 5.14. The zero-order chi connectivity index (χ0) is 21.8. The topological polar surface area (TPSA) is 74.8 Å². The molecule has 2 aromatic rings. The fourth-order valence-electron chi connectivity index (χ4n) is 4.33. The molecule has 0 saturated heterocycles. The Labute approximate surface area is 189 Å². The summed E-state index contributed by atoms with van der Waals surface area (Å²) in [6.45, 7) is 5.60. The van der Waals surface area contributed by atoms with Gasteiger partial charge in [0.2, 0.25) is 0 Å². The van der Waals surface area contributed by atoms with E-state index in [1.807, 2.05) is 13.0 Å². The van der Waals surface area contributed by atoms with Crippen molar-refractivity contribution in [3.8, 4) is 11.5 Å². The van der Waals surface area contributed by atoms with E-state index in [1.165, 1.54) is 12.8 Å². The number of hydrogen-bond acceptors (Lipinski definition) is 6. The van der Waals surface area contributed by atoms with E-state index in [1.54, 1.807) is 12.5 Å². The molecule has 1 aliphatic carbocycles. The summed E-state index contributed by atoms with van der Waals surface area (Å²) in [5.41, 5.74) is 2.04. The van der Waals surface area contributed by atoms with Crippen LogP contribution >= 0.6 is 12.2 Å². The van der Waals surface area contributed by atoms with Gasteiger partial charge in [-0.25, -0.2) is 4.98 Å². The van der Waals surface area contributed by atoms with Gasteiger partial charge in [0, 0.05) is 24.9 Å².